The molecular formula is C12H11BrFN3O2S. The van der Waals surface area contributed by atoms with Crippen LogP contribution in [0.25, 0.3) is 0 Å². The zero-order valence-electron chi connectivity index (χ0n) is 10.4. The van der Waals surface area contributed by atoms with Crippen LogP contribution in [-0.2, 0) is 10.0 Å². The van der Waals surface area contributed by atoms with Gasteiger partial charge in [0, 0.05) is 16.4 Å². The summed E-state index contributed by atoms with van der Waals surface area (Å²) >= 11 is 3.03. The summed E-state index contributed by atoms with van der Waals surface area (Å²) in [6, 6.07) is 5.32. The summed E-state index contributed by atoms with van der Waals surface area (Å²) in [6.07, 6.45) is 1.46. The van der Waals surface area contributed by atoms with E-state index in [0.29, 0.717) is 4.47 Å². The van der Waals surface area contributed by atoms with Gasteiger partial charge in [0.25, 0.3) is 10.0 Å². The Kier molecular flexibility index (Phi) is 3.96. The fraction of sp³-hybridized carbons (Fsp3) is 0.0833. The number of sulfonamides is 1. The van der Waals surface area contributed by atoms with Gasteiger partial charge in [-0.25, -0.2) is 17.8 Å². The molecule has 20 heavy (non-hydrogen) atoms. The van der Waals surface area contributed by atoms with Gasteiger partial charge in [-0.3, -0.25) is 4.72 Å². The van der Waals surface area contributed by atoms with Crippen LogP contribution in [0, 0.1) is 12.7 Å². The molecule has 0 aliphatic heterocycles. The number of nitrogen functional groups attached to an aromatic ring is 1. The van der Waals surface area contributed by atoms with E-state index < -0.39 is 20.7 Å². The summed E-state index contributed by atoms with van der Waals surface area (Å²) in [7, 11) is -4.09. The zero-order valence-corrected chi connectivity index (χ0v) is 12.8. The van der Waals surface area contributed by atoms with Crippen LogP contribution in [0.2, 0.25) is 0 Å². The molecule has 0 saturated heterocycles. The molecule has 1 heterocycles. The second-order valence-corrected chi connectivity index (χ2v) is 6.63. The number of anilines is 2. The van der Waals surface area contributed by atoms with Crippen molar-refractivity contribution >= 4 is 37.5 Å². The summed E-state index contributed by atoms with van der Waals surface area (Å²) in [5.41, 5.74) is 6.54. The molecule has 106 valence electrons. The Morgan fingerprint density at radius 2 is 2.05 bits per heavy atom. The quantitative estimate of drug-likeness (QED) is 0.825. The van der Waals surface area contributed by atoms with Gasteiger partial charge in [-0.15, -0.1) is 0 Å². The maximum Gasteiger partial charge on any atom is 0.266 e. The molecule has 0 aliphatic carbocycles. The average Bonchev–Trinajstić information content (AvgIpc) is 2.33. The van der Waals surface area contributed by atoms with Crippen molar-refractivity contribution in [3.8, 4) is 0 Å². The Morgan fingerprint density at radius 3 is 2.70 bits per heavy atom. The van der Waals surface area contributed by atoms with E-state index in [4.69, 9.17) is 5.73 Å². The lowest BCUT2D eigenvalue weighted by molar-refractivity contribution is 0.570. The van der Waals surface area contributed by atoms with Gasteiger partial charge in [0.05, 0.1) is 0 Å². The van der Waals surface area contributed by atoms with Crippen molar-refractivity contribution in [1.29, 1.82) is 0 Å². The van der Waals surface area contributed by atoms with Gasteiger partial charge >= 0.3 is 0 Å². The van der Waals surface area contributed by atoms with Crippen LogP contribution in [-0.4, -0.2) is 13.4 Å². The van der Waals surface area contributed by atoms with Crippen LogP contribution < -0.4 is 10.5 Å². The molecule has 0 bridgehead atoms. The number of aryl methyl sites for hydroxylation is 1. The fourth-order valence-corrected chi connectivity index (χ4v) is 2.95. The van der Waals surface area contributed by atoms with Gasteiger partial charge in [-0.2, -0.15) is 0 Å². The molecule has 5 nitrogen and oxygen atoms in total. The Labute approximate surface area is 124 Å². The molecule has 0 spiro atoms. The number of benzene rings is 1. The SMILES string of the molecule is Cc1ccnc(NS(=O)(=O)c2cc(N)c(Br)cc2F)c1. The second-order valence-electron chi connectivity index (χ2n) is 4.13. The maximum atomic E-state index is 13.8. The van der Waals surface area contributed by atoms with Crippen molar-refractivity contribution in [2.45, 2.75) is 11.8 Å². The summed E-state index contributed by atoms with van der Waals surface area (Å²) in [5.74, 6) is -0.780. The van der Waals surface area contributed by atoms with E-state index >= 15 is 0 Å². The molecule has 2 rings (SSSR count). The van der Waals surface area contributed by atoms with E-state index in [0.717, 1.165) is 17.7 Å². The highest BCUT2D eigenvalue weighted by Gasteiger charge is 2.21. The minimum Gasteiger partial charge on any atom is -0.398 e. The monoisotopic (exact) mass is 359 g/mol. The first-order valence-corrected chi connectivity index (χ1v) is 7.77. The molecule has 0 atom stereocenters. The molecule has 0 fully saturated rings. The van der Waals surface area contributed by atoms with Gasteiger partial charge < -0.3 is 5.73 Å². The normalized spacial score (nSPS) is 11.3. The molecule has 0 aliphatic rings. The maximum absolute atomic E-state index is 13.8. The number of halogens is 2. The highest BCUT2D eigenvalue weighted by atomic mass is 79.9. The number of nitrogens with zero attached hydrogens (tertiary/aromatic N) is 1. The summed E-state index contributed by atoms with van der Waals surface area (Å²) < 4.78 is 40.6. The van der Waals surface area contributed by atoms with Crippen molar-refractivity contribution in [2.24, 2.45) is 0 Å². The Hall–Kier alpha value is -1.67. The molecule has 2 aromatic rings. The molecule has 0 saturated carbocycles. The van der Waals surface area contributed by atoms with Crippen LogP contribution in [0.1, 0.15) is 5.56 Å². The van der Waals surface area contributed by atoms with Gasteiger partial charge in [0.2, 0.25) is 0 Å². The zero-order chi connectivity index (χ0) is 14.9. The Morgan fingerprint density at radius 1 is 1.35 bits per heavy atom. The van der Waals surface area contributed by atoms with E-state index in [9.17, 15) is 12.8 Å². The lowest BCUT2D eigenvalue weighted by atomic mass is 10.3. The van der Waals surface area contributed by atoms with Crippen LogP contribution in [0.5, 0.6) is 0 Å². The van der Waals surface area contributed by atoms with Crippen molar-refractivity contribution in [1.82, 2.24) is 4.98 Å². The van der Waals surface area contributed by atoms with Gasteiger partial charge in [0.15, 0.2) is 0 Å². The number of hydrogen-bond donors (Lipinski definition) is 2. The number of hydrogen-bond acceptors (Lipinski definition) is 4. The van der Waals surface area contributed by atoms with Crippen LogP contribution in [0.15, 0.2) is 39.8 Å². The summed E-state index contributed by atoms with van der Waals surface area (Å²) in [6.45, 7) is 1.79. The van der Waals surface area contributed by atoms with Gasteiger partial charge in [0.1, 0.15) is 16.5 Å². The first kappa shape index (κ1) is 14.7. The van der Waals surface area contributed by atoms with Crippen LogP contribution in [0.3, 0.4) is 0 Å². The smallest absolute Gasteiger partial charge is 0.266 e. The number of aromatic nitrogens is 1. The predicted molar refractivity (Wildman–Crippen MR) is 78.3 cm³/mol. The largest absolute Gasteiger partial charge is 0.398 e. The third kappa shape index (κ3) is 3.07. The fourth-order valence-electron chi connectivity index (χ4n) is 1.54. The minimum absolute atomic E-state index is 0.117. The molecular weight excluding hydrogens is 349 g/mol. The molecule has 0 radical (unpaired) electrons. The van der Waals surface area contributed by atoms with E-state index in [1.807, 2.05) is 0 Å². The van der Waals surface area contributed by atoms with Crippen molar-refractivity contribution in [3.05, 3.63) is 46.3 Å². The van der Waals surface area contributed by atoms with Crippen molar-refractivity contribution in [2.75, 3.05) is 10.5 Å². The predicted octanol–water partition coefficient (Wildman–Crippen LogP) is 2.67. The second kappa shape index (κ2) is 5.37. The first-order chi connectivity index (χ1) is 9.29. The van der Waals surface area contributed by atoms with Crippen molar-refractivity contribution in [3.63, 3.8) is 0 Å². The van der Waals surface area contributed by atoms with E-state index in [2.05, 4.69) is 25.6 Å². The number of nitrogens with one attached hydrogen (secondary N) is 1. The highest BCUT2D eigenvalue weighted by molar-refractivity contribution is 9.10. The third-order valence-corrected chi connectivity index (χ3v) is 4.55. The van der Waals surface area contributed by atoms with E-state index in [1.54, 1.807) is 13.0 Å². The van der Waals surface area contributed by atoms with Crippen LogP contribution in [0.4, 0.5) is 15.9 Å². The molecule has 1 aromatic heterocycles. The lowest BCUT2D eigenvalue weighted by Crippen LogP contribution is -2.16. The average molecular weight is 360 g/mol. The topological polar surface area (TPSA) is 85.1 Å². The molecule has 1 aromatic carbocycles. The van der Waals surface area contributed by atoms with Gasteiger partial charge in [-0.05, 0) is 52.7 Å². The molecule has 8 heteroatoms. The van der Waals surface area contributed by atoms with Gasteiger partial charge in [-0.1, -0.05) is 0 Å². The molecule has 0 amide bonds. The summed E-state index contributed by atoms with van der Waals surface area (Å²) in [5, 5.41) is 0. The molecule has 3 N–H and O–H groups in total. The van der Waals surface area contributed by atoms with E-state index in [-0.39, 0.29) is 11.5 Å². The standard InChI is InChI=1S/C12H11BrFN3O2S/c1-7-2-3-16-12(4-7)17-20(18,19)11-6-10(15)8(13)5-9(11)14/h2-6H,15H2,1H3,(H,16,17). The third-order valence-electron chi connectivity index (χ3n) is 2.50. The molecule has 0 unspecified atom stereocenters. The highest BCUT2D eigenvalue weighted by Crippen LogP contribution is 2.27. The first-order valence-electron chi connectivity index (χ1n) is 5.49. The number of pyridine rings is 1. The Balaban J connectivity index is 2.43. The lowest BCUT2D eigenvalue weighted by Gasteiger charge is -2.10. The number of rotatable bonds is 3. The van der Waals surface area contributed by atoms with Crippen LogP contribution >= 0.6 is 15.9 Å². The Bertz CT molecular complexity index is 765. The summed E-state index contributed by atoms with van der Waals surface area (Å²) in [4.78, 5) is 3.34. The van der Waals surface area contributed by atoms with E-state index in [1.165, 1.54) is 12.3 Å². The minimum atomic E-state index is -4.09. The van der Waals surface area contributed by atoms with Crippen molar-refractivity contribution < 1.29 is 12.8 Å². The number of nitrogens with two attached hydrogens (primary N) is 1.